The van der Waals surface area contributed by atoms with E-state index in [9.17, 15) is 4.79 Å². The van der Waals surface area contributed by atoms with Crippen LogP contribution in [0.4, 0.5) is 5.69 Å². The lowest BCUT2D eigenvalue weighted by atomic mass is 10.0. The van der Waals surface area contributed by atoms with Gasteiger partial charge in [-0.2, -0.15) is 0 Å². The van der Waals surface area contributed by atoms with Crippen molar-refractivity contribution in [1.29, 1.82) is 0 Å². The van der Waals surface area contributed by atoms with Crippen LogP contribution in [-0.2, 0) is 24.1 Å². The lowest BCUT2D eigenvalue weighted by Crippen LogP contribution is -2.14. The van der Waals surface area contributed by atoms with E-state index in [1.165, 1.54) is 17.5 Å². The summed E-state index contributed by atoms with van der Waals surface area (Å²) in [5.74, 6) is 1.44. The van der Waals surface area contributed by atoms with Crippen molar-refractivity contribution in [2.75, 3.05) is 26.6 Å². The minimum atomic E-state index is -0.0766. The molecule has 2 aromatic rings. The van der Waals surface area contributed by atoms with Gasteiger partial charge in [0.2, 0.25) is 11.7 Å². The number of carbonyl (C=O) groups is 1. The third kappa shape index (κ3) is 3.71. The number of carbonyl (C=O) groups excluding carboxylic acids is 1. The lowest BCUT2D eigenvalue weighted by Gasteiger charge is -2.14. The van der Waals surface area contributed by atoms with Gasteiger partial charge in [0.1, 0.15) is 0 Å². The van der Waals surface area contributed by atoms with Crippen LogP contribution in [0.25, 0.3) is 0 Å². The molecule has 3 rings (SSSR count). The highest BCUT2D eigenvalue weighted by Crippen LogP contribution is 2.39. The Labute approximate surface area is 147 Å². The first-order valence-electron chi connectivity index (χ1n) is 8.35. The quantitative estimate of drug-likeness (QED) is 0.875. The van der Waals surface area contributed by atoms with Gasteiger partial charge in [0.25, 0.3) is 0 Å². The van der Waals surface area contributed by atoms with Gasteiger partial charge in [-0.3, -0.25) is 4.79 Å². The maximum atomic E-state index is 12.4. The van der Waals surface area contributed by atoms with E-state index < -0.39 is 0 Å². The molecule has 0 aromatic heterocycles. The van der Waals surface area contributed by atoms with Gasteiger partial charge in [-0.15, -0.1) is 0 Å². The average Bonchev–Trinajstić information content (AvgIpc) is 3.08. The Morgan fingerprint density at radius 3 is 2.28 bits per heavy atom. The van der Waals surface area contributed by atoms with E-state index in [1.54, 1.807) is 33.5 Å². The molecule has 1 N–H and O–H groups in total. The van der Waals surface area contributed by atoms with Crippen LogP contribution in [0, 0.1) is 0 Å². The van der Waals surface area contributed by atoms with Gasteiger partial charge in [0.05, 0.1) is 27.8 Å². The van der Waals surface area contributed by atoms with Crippen molar-refractivity contribution in [3.05, 3.63) is 47.0 Å². The number of rotatable bonds is 6. The number of hydrogen-bond donors (Lipinski definition) is 1. The average molecular weight is 341 g/mol. The molecule has 5 nitrogen and oxygen atoms in total. The molecule has 0 saturated carbocycles. The van der Waals surface area contributed by atoms with Crippen molar-refractivity contribution in [2.24, 2.45) is 0 Å². The van der Waals surface area contributed by atoms with Crippen LogP contribution >= 0.6 is 0 Å². The van der Waals surface area contributed by atoms with Gasteiger partial charge >= 0.3 is 0 Å². The van der Waals surface area contributed by atoms with E-state index in [4.69, 9.17) is 14.2 Å². The minimum Gasteiger partial charge on any atom is -0.493 e. The first kappa shape index (κ1) is 17.1. The molecule has 0 spiro atoms. The normalized spacial score (nSPS) is 12.4. The minimum absolute atomic E-state index is 0.0766. The number of nitrogens with one attached hydrogen (secondary N) is 1. The van der Waals surface area contributed by atoms with Crippen molar-refractivity contribution < 1.29 is 19.0 Å². The van der Waals surface area contributed by atoms with E-state index in [-0.39, 0.29) is 5.91 Å². The molecule has 25 heavy (non-hydrogen) atoms. The smallest absolute Gasteiger partial charge is 0.228 e. The van der Waals surface area contributed by atoms with E-state index in [0.717, 1.165) is 18.4 Å². The zero-order chi connectivity index (χ0) is 17.8. The molecule has 132 valence electrons. The Kier molecular flexibility index (Phi) is 5.12. The highest BCUT2D eigenvalue weighted by Gasteiger charge is 2.16. The van der Waals surface area contributed by atoms with Gasteiger partial charge in [-0.1, -0.05) is 18.2 Å². The summed E-state index contributed by atoms with van der Waals surface area (Å²) in [6.45, 7) is 0. The number of hydrogen-bond acceptors (Lipinski definition) is 4. The van der Waals surface area contributed by atoms with Crippen molar-refractivity contribution >= 4 is 11.6 Å². The summed E-state index contributed by atoms with van der Waals surface area (Å²) >= 11 is 0. The Morgan fingerprint density at radius 1 is 0.960 bits per heavy atom. The van der Waals surface area contributed by atoms with Crippen LogP contribution in [0.1, 0.15) is 23.1 Å². The van der Waals surface area contributed by atoms with Crippen LogP contribution in [0.2, 0.25) is 0 Å². The zero-order valence-corrected chi connectivity index (χ0v) is 14.8. The number of ether oxygens (including phenoxy) is 3. The van der Waals surface area contributed by atoms with Gasteiger partial charge in [0, 0.05) is 17.8 Å². The number of fused-ring (bicyclic) bond motifs is 1. The van der Waals surface area contributed by atoms with E-state index >= 15 is 0 Å². The summed E-state index contributed by atoms with van der Waals surface area (Å²) in [6.07, 6.45) is 3.80. The Bertz CT molecular complexity index is 760. The van der Waals surface area contributed by atoms with Crippen LogP contribution in [0.3, 0.4) is 0 Å². The fraction of sp³-hybridized carbons (Fsp3) is 0.350. The molecule has 0 atom stereocenters. The maximum Gasteiger partial charge on any atom is 0.228 e. The summed E-state index contributed by atoms with van der Waals surface area (Å²) in [4.78, 5) is 12.4. The lowest BCUT2D eigenvalue weighted by molar-refractivity contribution is -0.115. The van der Waals surface area contributed by atoms with Gasteiger partial charge in [-0.25, -0.2) is 0 Å². The number of benzene rings is 2. The fourth-order valence-corrected chi connectivity index (χ4v) is 3.28. The van der Waals surface area contributed by atoms with Crippen LogP contribution in [0.5, 0.6) is 17.2 Å². The third-order valence-corrected chi connectivity index (χ3v) is 4.48. The molecule has 2 aromatic carbocycles. The standard InChI is InChI=1S/C20H23NO4/c1-23-17-11-16(12-18(24-2)20(17)25-3)21-19(22)10-13-7-8-14-5-4-6-15(14)9-13/h7-9,11-12H,4-6,10H2,1-3H3,(H,21,22). The second-order valence-electron chi connectivity index (χ2n) is 6.10. The molecule has 0 bridgehead atoms. The molecular formula is C20H23NO4. The first-order valence-corrected chi connectivity index (χ1v) is 8.35. The number of methoxy groups -OCH3 is 3. The van der Waals surface area contributed by atoms with E-state index in [2.05, 4.69) is 17.4 Å². The molecule has 0 aliphatic heterocycles. The summed E-state index contributed by atoms with van der Waals surface area (Å²) < 4.78 is 15.9. The topological polar surface area (TPSA) is 56.8 Å². The molecule has 0 heterocycles. The summed E-state index contributed by atoms with van der Waals surface area (Å²) in [7, 11) is 4.65. The maximum absolute atomic E-state index is 12.4. The first-order chi connectivity index (χ1) is 12.1. The molecule has 1 aliphatic rings. The van der Waals surface area contributed by atoms with Crippen molar-refractivity contribution in [3.8, 4) is 17.2 Å². The van der Waals surface area contributed by atoms with E-state index in [0.29, 0.717) is 29.4 Å². The molecular weight excluding hydrogens is 318 g/mol. The Morgan fingerprint density at radius 2 is 1.64 bits per heavy atom. The van der Waals surface area contributed by atoms with Gasteiger partial charge < -0.3 is 19.5 Å². The fourth-order valence-electron chi connectivity index (χ4n) is 3.28. The molecule has 5 heteroatoms. The third-order valence-electron chi connectivity index (χ3n) is 4.48. The predicted octanol–water partition coefficient (Wildman–Crippen LogP) is 3.38. The Hall–Kier alpha value is -2.69. The molecule has 1 aliphatic carbocycles. The van der Waals surface area contributed by atoms with Gasteiger partial charge in [-0.05, 0) is 36.0 Å². The largest absolute Gasteiger partial charge is 0.493 e. The SMILES string of the molecule is COc1cc(NC(=O)Cc2ccc3c(c2)CCC3)cc(OC)c1OC. The highest BCUT2D eigenvalue weighted by atomic mass is 16.5. The summed E-state index contributed by atoms with van der Waals surface area (Å²) in [6, 6.07) is 9.78. The molecule has 0 radical (unpaired) electrons. The monoisotopic (exact) mass is 341 g/mol. The van der Waals surface area contributed by atoms with Crippen LogP contribution < -0.4 is 19.5 Å². The van der Waals surface area contributed by atoms with Crippen molar-refractivity contribution in [3.63, 3.8) is 0 Å². The van der Waals surface area contributed by atoms with Crippen LogP contribution in [0.15, 0.2) is 30.3 Å². The Balaban J connectivity index is 1.74. The van der Waals surface area contributed by atoms with Gasteiger partial charge in [0.15, 0.2) is 11.5 Å². The molecule has 0 unspecified atom stereocenters. The number of anilines is 1. The second-order valence-corrected chi connectivity index (χ2v) is 6.10. The van der Waals surface area contributed by atoms with Crippen molar-refractivity contribution in [1.82, 2.24) is 0 Å². The zero-order valence-electron chi connectivity index (χ0n) is 14.8. The number of amides is 1. The van der Waals surface area contributed by atoms with Crippen LogP contribution in [-0.4, -0.2) is 27.2 Å². The van der Waals surface area contributed by atoms with E-state index in [1.807, 2.05) is 6.07 Å². The van der Waals surface area contributed by atoms with Crippen molar-refractivity contribution in [2.45, 2.75) is 25.7 Å². The molecule has 0 saturated heterocycles. The summed E-state index contributed by atoms with van der Waals surface area (Å²) in [5.41, 5.74) is 4.43. The molecule has 0 fully saturated rings. The second kappa shape index (κ2) is 7.47. The summed E-state index contributed by atoms with van der Waals surface area (Å²) in [5, 5.41) is 2.90. The predicted molar refractivity (Wildman–Crippen MR) is 96.9 cm³/mol. The number of aryl methyl sites for hydroxylation is 2. The molecule has 1 amide bonds. The highest BCUT2D eigenvalue weighted by molar-refractivity contribution is 5.93.